The van der Waals surface area contributed by atoms with Crippen molar-refractivity contribution in [3.05, 3.63) is 34.9 Å². The van der Waals surface area contributed by atoms with Gasteiger partial charge < -0.3 is 10.0 Å². The summed E-state index contributed by atoms with van der Waals surface area (Å²) in [7, 11) is 0. The molecule has 0 bridgehead atoms. The van der Waals surface area contributed by atoms with Crippen LogP contribution >= 0.6 is 23.4 Å². The van der Waals surface area contributed by atoms with Crippen molar-refractivity contribution in [1.29, 1.82) is 0 Å². The Bertz CT molecular complexity index is 422. The highest BCUT2D eigenvalue weighted by molar-refractivity contribution is 7.99. The van der Waals surface area contributed by atoms with Crippen LogP contribution in [0.5, 0.6) is 0 Å². The lowest BCUT2D eigenvalue weighted by Crippen LogP contribution is -2.44. The van der Waals surface area contributed by atoms with Crippen molar-refractivity contribution in [3.63, 3.8) is 0 Å². The lowest BCUT2D eigenvalue weighted by Gasteiger charge is -2.36. The Labute approximate surface area is 116 Å². The van der Waals surface area contributed by atoms with Gasteiger partial charge in [-0.25, -0.2) is 0 Å². The molecule has 2 atom stereocenters. The minimum absolute atomic E-state index is 0.0307. The van der Waals surface area contributed by atoms with Crippen molar-refractivity contribution in [3.8, 4) is 0 Å². The molecular formula is C13H16ClNO2S. The van der Waals surface area contributed by atoms with E-state index in [0.29, 0.717) is 11.6 Å². The highest BCUT2D eigenvalue weighted by Crippen LogP contribution is 2.30. The van der Waals surface area contributed by atoms with E-state index in [1.54, 1.807) is 4.90 Å². The summed E-state index contributed by atoms with van der Waals surface area (Å²) in [6.07, 6.45) is -0.942. The largest absolute Gasteiger partial charge is 0.384 e. The zero-order valence-corrected chi connectivity index (χ0v) is 11.7. The van der Waals surface area contributed by atoms with Crippen molar-refractivity contribution in [2.45, 2.75) is 19.1 Å². The monoisotopic (exact) mass is 285 g/mol. The van der Waals surface area contributed by atoms with E-state index < -0.39 is 6.10 Å². The molecule has 0 radical (unpaired) electrons. The Hall–Kier alpha value is -0.710. The summed E-state index contributed by atoms with van der Waals surface area (Å²) in [5, 5.41) is 10.2. The van der Waals surface area contributed by atoms with Gasteiger partial charge in [-0.15, -0.1) is 0 Å². The van der Waals surface area contributed by atoms with Gasteiger partial charge in [0, 0.05) is 23.1 Å². The molecule has 1 fully saturated rings. The standard InChI is InChI=1S/C13H16ClNO2S/c1-9(16)13(17)15-6-7-18-8-12(15)10-2-4-11(14)5-3-10/h2-5,9,12,16H,6-8H2,1H3. The number of aliphatic hydroxyl groups excluding tert-OH is 1. The molecule has 98 valence electrons. The fraction of sp³-hybridized carbons (Fsp3) is 0.462. The summed E-state index contributed by atoms with van der Waals surface area (Å²) in [4.78, 5) is 13.8. The van der Waals surface area contributed by atoms with Gasteiger partial charge in [0.1, 0.15) is 6.10 Å². The first-order valence-corrected chi connectivity index (χ1v) is 7.44. The molecule has 1 aromatic carbocycles. The Morgan fingerprint density at radius 3 is 2.78 bits per heavy atom. The number of benzene rings is 1. The fourth-order valence-corrected chi connectivity index (χ4v) is 3.28. The quantitative estimate of drug-likeness (QED) is 0.907. The normalized spacial score (nSPS) is 21.7. The van der Waals surface area contributed by atoms with Crippen molar-refractivity contribution in [2.24, 2.45) is 0 Å². The van der Waals surface area contributed by atoms with Crippen LogP contribution in [-0.4, -0.2) is 40.1 Å². The second-order valence-corrected chi connectivity index (χ2v) is 5.94. The Kier molecular flexibility index (Phi) is 4.54. The Balaban J connectivity index is 2.22. The van der Waals surface area contributed by atoms with Crippen LogP contribution in [0.15, 0.2) is 24.3 Å². The van der Waals surface area contributed by atoms with Crippen molar-refractivity contribution < 1.29 is 9.90 Å². The van der Waals surface area contributed by atoms with E-state index >= 15 is 0 Å². The number of amides is 1. The number of nitrogens with zero attached hydrogens (tertiary/aromatic N) is 1. The maximum Gasteiger partial charge on any atom is 0.251 e. The van der Waals surface area contributed by atoms with Crippen LogP contribution in [0.2, 0.25) is 5.02 Å². The number of carbonyl (C=O) groups excluding carboxylic acids is 1. The number of hydrogen-bond donors (Lipinski definition) is 1. The van der Waals surface area contributed by atoms with Crippen LogP contribution in [0, 0.1) is 0 Å². The molecule has 1 heterocycles. The van der Waals surface area contributed by atoms with Crippen molar-refractivity contribution in [2.75, 3.05) is 18.1 Å². The van der Waals surface area contributed by atoms with Crippen LogP contribution in [-0.2, 0) is 4.79 Å². The molecule has 0 aliphatic carbocycles. The van der Waals surface area contributed by atoms with Crippen molar-refractivity contribution in [1.82, 2.24) is 4.90 Å². The van der Waals surface area contributed by atoms with E-state index in [4.69, 9.17) is 11.6 Å². The number of hydrogen-bond acceptors (Lipinski definition) is 3. The lowest BCUT2D eigenvalue weighted by atomic mass is 10.1. The number of rotatable bonds is 2. The molecule has 1 amide bonds. The minimum Gasteiger partial charge on any atom is -0.384 e. The summed E-state index contributed by atoms with van der Waals surface area (Å²) in [6, 6.07) is 7.59. The molecule has 0 spiro atoms. The summed E-state index contributed by atoms with van der Waals surface area (Å²) in [5.41, 5.74) is 1.07. The number of aliphatic hydroxyl groups is 1. The molecule has 1 aliphatic heterocycles. The van der Waals surface area contributed by atoms with Gasteiger partial charge in [-0.1, -0.05) is 23.7 Å². The lowest BCUT2D eigenvalue weighted by molar-refractivity contribution is -0.141. The SMILES string of the molecule is CC(O)C(=O)N1CCSCC1c1ccc(Cl)cc1. The highest BCUT2D eigenvalue weighted by Gasteiger charge is 2.30. The van der Waals surface area contributed by atoms with Gasteiger partial charge in [0.25, 0.3) is 5.91 Å². The van der Waals surface area contributed by atoms with E-state index in [0.717, 1.165) is 17.1 Å². The van der Waals surface area contributed by atoms with Crippen molar-refractivity contribution >= 4 is 29.3 Å². The van der Waals surface area contributed by atoms with Crippen LogP contribution in [0.1, 0.15) is 18.5 Å². The van der Waals surface area contributed by atoms with Crippen LogP contribution < -0.4 is 0 Å². The molecule has 18 heavy (non-hydrogen) atoms. The first-order valence-electron chi connectivity index (χ1n) is 5.91. The number of thioether (sulfide) groups is 1. The maximum atomic E-state index is 12.0. The Morgan fingerprint density at radius 1 is 1.50 bits per heavy atom. The average molecular weight is 286 g/mol. The molecule has 1 saturated heterocycles. The predicted molar refractivity (Wildman–Crippen MR) is 74.9 cm³/mol. The zero-order valence-electron chi connectivity index (χ0n) is 10.2. The zero-order chi connectivity index (χ0) is 13.1. The molecule has 3 nitrogen and oxygen atoms in total. The second-order valence-electron chi connectivity index (χ2n) is 4.35. The first-order chi connectivity index (χ1) is 8.59. The predicted octanol–water partition coefficient (Wildman–Crippen LogP) is 2.34. The van der Waals surface area contributed by atoms with Gasteiger partial charge >= 0.3 is 0 Å². The summed E-state index contributed by atoms with van der Waals surface area (Å²) in [5.74, 6) is 1.58. The average Bonchev–Trinajstić information content (AvgIpc) is 2.39. The third-order valence-electron chi connectivity index (χ3n) is 3.02. The van der Waals surface area contributed by atoms with Gasteiger partial charge in [0.2, 0.25) is 0 Å². The van der Waals surface area contributed by atoms with E-state index in [9.17, 15) is 9.90 Å². The molecule has 0 aromatic heterocycles. The van der Waals surface area contributed by atoms with E-state index in [1.807, 2.05) is 36.0 Å². The number of halogens is 1. The molecule has 2 unspecified atom stereocenters. The topological polar surface area (TPSA) is 40.5 Å². The van der Waals surface area contributed by atoms with Gasteiger partial charge in [0.15, 0.2) is 0 Å². The van der Waals surface area contributed by atoms with E-state index in [2.05, 4.69) is 0 Å². The van der Waals surface area contributed by atoms with Crippen LogP contribution in [0.4, 0.5) is 0 Å². The first kappa shape index (κ1) is 13.7. The number of carbonyl (C=O) groups is 1. The van der Waals surface area contributed by atoms with Crippen LogP contribution in [0.3, 0.4) is 0 Å². The smallest absolute Gasteiger partial charge is 0.251 e. The minimum atomic E-state index is -0.942. The van der Waals surface area contributed by atoms with E-state index in [1.165, 1.54) is 6.92 Å². The fourth-order valence-electron chi connectivity index (χ4n) is 2.07. The molecule has 1 aromatic rings. The second kappa shape index (κ2) is 5.95. The summed E-state index contributed by atoms with van der Waals surface area (Å²) >= 11 is 7.70. The van der Waals surface area contributed by atoms with Crippen LogP contribution in [0.25, 0.3) is 0 Å². The molecule has 1 N–H and O–H groups in total. The van der Waals surface area contributed by atoms with Gasteiger partial charge in [-0.05, 0) is 24.6 Å². The summed E-state index contributed by atoms with van der Waals surface area (Å²) in [6.45, 7) is 2.20. The highest BCUT2D eigenvalue weighted by atomic mass is 35.5. The Morgan fingerprint density at radius 2 is 2.17 bits per heavy atom. The molecule has 2 rings (SSSR count). The van der Waals surface area contributed by atoms with Gasteiger partial charge in [-0.3, -0.25) is 4.79 Å². The summed E-state index contributed by atoms with van der Waals surface area (Å²) < 4.78 is 0. The molecule has 0 saturated carbocycles. The van der Waals surface area contributed by atoms with E-state index in [-0.39, 0.29) is 11.9 Å². The molecule has 5 heteroatoms. The van der Waals surface area contributed by atoms with Gasteiger partial charge in [-0.2, -0.15) is 11.8 Å². The third kappa shape index (κ3) is 2.99. The molecule has 1 aliphatic rings. The maximum absolute atomic E-state index is 12.0. The third-order valence-corrected chi connectivity index (χ3v) is 4.30. The molecular weight excluding hydrogens is 270 g/mol. The van der Waals surface area contributed by atoms with Gasteiger partial charge in [0.05, 0.1) is 6.04 Å².